The summed E-state index contributed by atoms with van der Waals surface area (Å²) in [7, 11) is 1.90. The molecule has 1 fully saturated rings. The molecule has 0 saturated carbocycles. The van der Waals surface area contributed by atoms with E-state index < -0.39 is 0 Å². The molecule has 1 heterocycles. The zero-order chi connectivity index (χ0) is 13.5. The van der Waals surface area contributed by atoms with Gasteiger partial charge in [-0.25, -0.2) is 0 Å². The minimum absolute atomic E-state index is 0.195. The van der Waals surface area contributed by atoms with Gasteiger partial charge in [-0.1, -0.05) is 13.8 Å². The summed E-state index contributed by atoms with van der Waals surface area (Å²) in [6, 6.07) is 0.366. The maximum absolute atomic E-state index is 12.0. The Morgan fingerprint density at radius 1 is 1.44 bits per heavy atom. The van der Waals surface area contributed by atoms with Crippen molar-refractivity contribution in [3.05, 3.63) is 0 Å². The fourth-order valence-electron chi connectivity index (χ4n) is 2.43. The van der Waals surface area contributed by atoms with Gasteiger partial charge in [-0.15, -0.1) is 0 Å². The lowest BCUT2D eigenvalue weighted by atomic mass is 10.1. The Morgan fingerprint density at radius 2 is 2.17 bits per heavy atom. The summed E-state index contributed by atoms with van der Waals surface area (Å²) in [5.74, 6) is 0.836. The van der Waals surface area contributed by atoms with E-state index in [-0.39, 0.29) is 12.0 Å². The van der Waals surface area contributed by atoms with Gasteiger partial charge in [0.2, 0.25) is 5.91 Å². The van der Waals surface area contributed by atoms with Crippen LogP contribution in [0.15, 0.2) is 0 Å². The monoisotopic (exact) mass is 256 g/mol. The van der Waals surface area contributed by atoms with Gasteiger partial charge in [0.05, 0.1) is 19.1 Å². The maximum Gasteiger partial charge on any atom is 0.224 e. The first kappa shape index (κ1) is 15.4. The summed E-state index contributed by atoms with van der Waals surface area (Å²) < 4.78 is 5.67. The number of amides is 1. The van der Waals surface area contributed by atoms with Gasteiger partial charge < -0.3 is 15.0 Å². The average molecular weight is 256 g/mol. The third-order valence-electron chi connectivity index (χ3n) is 3.50. The zero-order valence-corrected chi connectivity index (χ0v) is 12.2. The second kappa shape index (κ2) is 7.74. The molecule has 0 spiro atoms. The largest absolute Gasteiger partial charge is 0.378 e. The molecule has 106 valence electrons. The molecule has 0 aromatic carbocycles. The number of carbonyl (C=O) groups is 1. The van der Waals surface area contributed by atoms with Gasteiger partial charge in [-0.05, 0) is 32.2 Å². The molecule has 1 aliphatic heterocycles. The van der Waals surface area contributed by atoms with Crippen LogP contribution >= 0.6 is 0 Å². The summed E-state index contributed by atoms with van der Waals surface area (Å²) in [6.45, 7) is 8.93. The van der Waals surface area contributed by atoms with Crippen molar-refractivity contribution in [2.45, 2.75) is 52.2 Å². The van der Waals surface area contributed by atoms with Crippen molar-refractivity contribution in [3.63, 3.8) is 0 Å². The lowest BCUT2D eigenvalue weighted by Crippen LogP contribution is -2.38. The standard InChI is InChI=1S/C14H28N2O2/c1-11(2)9-12(3)18-8-6-14(17)16(4)13-5-7-15-10-13/h11-13,15H,5-10H2,1-4H3. The Bertz CT molecular complexity index is 250. The molecule has 1 N–H and O–H groups in total. The van der Waals surface area contributed by atoms with Crippen molar-refractivity contribution in [1.29, 1.82) is 0 Å². The highest BCUT2D eigenvalue weighted by Crippen LogP contribution is 2.10. The molecular weight excluding hydrogens is 228 g/mol. The van der Waals surface area contributed by atoms with Crippen LogP contribution in [0.2, 0.25) is 0 Å². The molecule has 2 unspecified atom stereocenters. The number of hydrogen-bond acceptors (Lipinski definition) is 3. The Labute approximate surface area is 111 Å². The molecular formula is C14H28N2O2. The molecule has 1 rings (SSSR count). The van der Waals surface area contributed by atoms with Gasteiger partial charge in [0.25, 0.3) is 0 Å². The second-order valence-electron chi connectivity index (χ2n) is 5.71. The van der Waals surface area contributed by atoms with E-state index in [1.165, 1.54) is 0 Å². The van der Waals surface area contributed by atoms with E-state index in [1.54, 1.807) is 0 Å². The molecule has 1 saturated heterocycles. The predicted molar refractivity (Wildman–Crippen MR) is 73.5 cm³/mol. The zero-order valence-electron chi connectivity index (χ0n) is 12.2. The molecule has 1 amide bonds. The smallest absolute Gasteiger partial charge is 0.224 e. The van der Waals surface area contributed by atoms with E-state index >= 15 is 0 Å². The molecule has 0 radical (unpaired) electrons. The van der Waals surface area contributed by atoms with Crippen molar-refractivity contribution < 1.29 is 9.53 Å². The van der Waals surface area contributed by atoms with Gasteiger partial charge in [0.15, 0.2) is 0 Å². The van der Waals surface area contributed by atoms with Gasteiger partial charge in [0, 0.05) is 19.6 Å². The van der Waals surface area contributed by atoms with Crippen molar-refractivity contribution in [1.82, 2.24) is 10.2 Å². The molecule has 0 aliphatic carbocycles. The maximum atomic E-state index is 12.0. The van der Waals surface area contributed by atoms with E-state index in [4.69, 9.17) is 4.74 Å². The van der Waals surface area contributed by atoms with Crippen molar-refractivity contribution in [2.75, 3.05) is 26.7 Å². The SMILES string of the molecule is CC(C)CC(C)OCCC(=O)N(C)C1CCNC1. The van der Waals surface area contributed by atoms with Crippen LogP contribution in [0.3, 0.4) is 0 Å². The van der Waals surface area contributed by atoms with Gasteiger partial charge in [-0.3, -0.25) is 4.79 Å². The number of nitrogens with zero attached hydrogens (tertiary/aromatic N) is 1. The Morgan fingerprint density at radius 3 is 2.72 bits per heavy atom. The topological polar surface area (TPSA) is 41.6 Å². The lowest BCUT2D eigenvalue weighted by Gasteiger charge is -2.24. The molecule has 0 aromatic heterocycles. The summed E-state index contributed by atoms with van der Waals surface area (Å²) in [4.78, 5) is 13.8. The summed E-state index contributed by atoms with van der Waals surface area (Å²) in [6.07, 6.45) is 2.86. The molecule has 4 nitrogen and oxygen atoms in total. The molecule has 0 bridgehead atoms. The van der Waals surface area contributed by atoms with Crippen LogP contribution in [0.5, 0.6) is 0 Å². The van der Waals surface area contributed by atoms with Crippen LogP contribution in [0.4, 0.5) is 0 Å². The van der Waals surface area contributed by atoms with Gasteiger partial charge in [-0.2, -0.15) is 0 Å². The van der Waals surface area contributed by atoms with Crippen molar-refractivity contribution >= 4 is 5.91 Å². The molecule has 1 aliphatic rings. The summed E-state index contributed by atoms with van der Waals surface area (Å²) >= 11 is 0. The van der Waals surface area contributed by atoms with Crippen LogP contribution in [0.1, 0.15) is 40.0 Å². The average Bonchev–Trinajstić information content (AvgIpc) is 2.80. The highest BCUT2D eigenvalue weighted by atomic mass is 16.5. The van der Waals surface area contributed by atoms with E-state index in [9.17, 15) is 4.79 Å². The van der Waals surface area contributed by atoms with E-state index in [0.717, 1.165) is 25.9 Å². The molecule has 0 aromatic rings. The number of ether oxygens (including phenoxy) is 1. The first-order valence-electron chi connectivity index (χ1n) is 7.08. The Kier molecular flexibility index (Phi) is 6.65. The fourth-order valence-corrected chi connectivity index (χ4v) is 2.43. The summed E-state index contributed by atoms with van der Waals surface area (Å²) in [5, 5.41) is 3.28. The highest BCUT2D eigenvalue weighted by molar-refractivity contribution is 5.76. The van der Waals surface area contributed by atoms with E-state index in [0.29, 0.717) is 25.0 Å². The van der Waals surface area contributed by atoms with Crippen molar-refractivity contribution in [2.24, 2.45) is 5.92 Å². The Balaban J connectivity index is 2.16. The quantitative estimate of drug-likeness (QED) is 0.753. The predicted octanol–water partition coefficient (Wildman–Crippen LogP) is 1.65. The molecule has 18 heavy (non-hydrogen) atoms. The minimum Gasteiger partial charge on any atom is -0.378 e. The van der Waals surface area contributed by atoms with Gasteiger partial charge in [0.1, 0.15) is 0 Å². The lowest BCUT2D eigenvalue weighted by molar-refractivity contribution is -0.133. The third kappa shape index (κ3) is 5.36. The van der Waals surface area contributed by atoms with Crippen LogP contribution < -0.4 is 5.32 Å². The highest BCUT2D eigenvalue weighted by Gasteiger charge is 2.22. The van der Waals surface area contributed by atoms with Crippen LogP contribution in [0, 0.1) is 5.92 Å². The number of carbonyl (C=O) groups excluding carboxylic acids is 1. The second-order valence-corrected chi connectivity index (χ2v) is 5.71. The van der Waals surface area contributed by atoms with Crippen LogP contribution in [-0.4, -0.2) is 49.7 Å². The van der Waals surface area contributed by atoms with E-state index in [1.807, 2.05) is 11.9 Å². The van der Waals surface area contributed by atoms with Crippen molar-refractivity contribution in [3.8, 4) is 0 Å². The normalized spacial score (nSPS) is 21.3. The minimum atomic E-state index is 0.195. The first-order valence-corrected chi connectivity index (χ1v) is 7.08. The number of rotatable bonds is 7. The van der Waals surface area contributed by atoms with Gasteiger partial charge >= 0.3 is 0 Å². The third-order valence-corrected chi connectivity index (χ3v) is 3.50. The van der Waals surface area contributed by atoms with Crippen LogP contribution in [-0.2, 0) is 9.53 Å². The number of hydrogen-bond donors (Lipinski definition) is 1. The van der Waals surface area contributed by atoms with Crippen LogP contribution in [0.25, 0.3) is 0 Å². The number of likely N-dealkylation sites (N-methyl/N-ethyl adjacent to an activating group) is 1. The first-order chi connectivity index (χ1) is 8.50. The fraction of sp³-hybridized carbons (Fsp3) is 0.929. The molecule has 4 heteroatoms. The number of nitrogens with one attached hydrogen (secondary N) is 1. The summed E-state index contributed by atoms with van der Waals surface area (Å²) in [5.41, 5.74) is 0. The Hall–Kier alpha value is -0.610. The molecule has 2 atom stereocenters. The van der Waals surface area contributed by atoms with E-state index in [2.05, 4.69) is 26.1 Å².